The quantitative estimate of drug-likeness (QED) is 0.541. The van der Waals surface area contributed by atoms with E-state index in [9.17, 15) is 4.79 Å². The number of para-hydroxylation sites is 1. The Morgan fingerprint density at radius 3 is 2.71 bits per heavy atom. The third-order valence-electron chi connectivity index (χ3n) is 4.05. The molecule has 0 aliphatic carbocycles. The van der Waals surface area contributed by atoms with Crippen molar-refractivity contribution in [2.24, 2.45) is 4.99 Å². The molecule has 1 aromatic carbocycles. The molecule has 1 amide bonds. The molecule has 0 saturated heterocycles. The number of hydrogen-bond donors (Lipinski definition) is 2. The second-order valence-electron chi connectivity index (χ2n) is 6.37. The number of methoxy groups -OCH3 is 1. The maximum absolute atomic E-state index is 12.1. The largest absolute Gasteiger partial charge is 0.496 e. The number of pyridine rings is 1. The molecule has 0 aliphatic heterocycles. The van der Waals surface area contributed by atoms with Crippen LogP contribution in [0, 0.1) is 6.92 Å². The molecule has 28 heavy (non-hydrogen) atoms. The van der Waals surface area contributed by atoms with Gasteiger partial charge in [0.15, 0.2) is 5.96 Å². The van der Waals surface area contributed by atoms with E-state index < -0.39 is 0 Å². The van der Waals surface area contributed by atoms with Crippen molar-refractivity contribution in [3.05, 3.63) is 53.7 Å². The van der Waals surface area contributed by atoms with E-state index in [2.05, 4.69) is 20.6 Å². The fourth-order valence-corrected chi connectivity index (χ4v) is 2.72. The monoisotopic (exact) mass is 383 g/mol. The number of aryl methyl sites for hydroxylation is 1. The van der Waals surface area contributed by atoms with Crippen molar-refractivity contribution in [3.63, 3.8) is 0 Å². The van der Waals surface area contributed by atoms with Crippen LogP contribution >= 0.6 is 0 Å². The van der Waals surface area contributed by atoms with E-state index >= 15 is 0 Å². The third kappa shape index (κ3) is 6.57. The number of ether oxygens (including phenoxy) is 1. The molecule has 0 aliphatic rings. The fourth-order valence-electron chi connectivity index (χ4n) is 2.72. The Morgan fingerprint density at radius 1 is 1.21 bits per heavy atom. The molecule has 0 unspecified atom stereocenters. The van der Waals surface area contributed by atoms with Gasteiger partial charge in [-0.25, -0.2) is 4.98 Å². The number of rotatable bonds is 8. The lowest BCUT2D eigenvalue weighted by atomic mass is 10.2. The molecule has 0 radical (unpaired) electrons. The van der Waals surface area contributed by atoms with Crippen molar-refractivity contribution >= 4 is 17.7 Å². The number of aromatic nitrogens is 1. The molecule has 1 heterocycles. The fraction of sp³-hybridized carbons (Fsp3) is 0.381. The van der Waals surface area contributed by atoms with Crippen molar-refractivity contribution in [1.82, 2.24) is 15.2 Å². The van der Waals surface area contributed by atoms with Crippen molar-refractivity contribution in [3.8, 4) is 5.75 Å². The lowest BCUT2D eigenvalue weighted by molar-refractivity contribution is -0.116. The molecule has 0 saturated carbocycles. The molecule has 2 rings (SSSR count). The lowest BCUT2D eigenvalue weighted by Crippen LogP contribution is -2.38. The Labute approximate surface area is 166 Å². The molecule has 7 nitrogen and oxygen atoms in total. The number of guanidine groups is 1. The molecule has 150 valence electrons. The van der Waals surface area contributed by atoms with Gasteiger partial charge in [-0.15, -0.1) is 0 Å². The predicted molar refractivity (Wildman–Crippen MR) is 113 cm³/mol. The van der Waals surface area contributed by atoms with E-state index in [1.807, 2.05) is 62.2 Å². The zero-order valence-electron chi connectivity index (χ0n) is 17.0. The molecule has 7 heteroatoms. The smallest absolute Gasteiger partial charge is 0.227 e. The van der Waals surface area contributed by atoms with E-state index in [0.717, 1.165) is 29.5 Å². The van der Waals surface area contributed by atoms with Crippen LogP contribution in [0.5, 0.6) is 5.75 Å². The molecule has 0 bridgehead atoms. The van der Waals surface area contributed by atoms with Gasteiger partial charge in [-0.1, -0.05) is 24.3 Å². The lowest BCUT2D eigenvalue weighted by Gasteiger charge is -2.23. The summed E-state index contributed by atoms with van der Waals surface area (Å²) in [5.41, 5.74) is 1.93. The molecule has 2 N–H and O–H groups in total. The van der Waals surface area contributed by atoms with Gasteiger partial charge in [-0.3, -0.25) is 9.79 Å². The predicted octanol–water partition coefficient (Wildman–Crippen LogP) is 2.82. The molecule has 2 aromatic rings. The number of aliphatic imine (C=N–C) groups is 1. The van der Waals surface area contributed by atoms with Crippen LogP contribution in [0.1, 0.15) is 24.6 Å². The highest BCUT2D eigenvalue weighted by Gasteiger charge is 2.10. The first-order chi connectivity index (χ1) is 13.5. The maximum Gasteiger partial charge on any atom is 0.227 e. The highest BCUT2D eigenvalue weighted by molar-refractivity contribution is 5.90. The summed E-state index contributed by atoms with van der Waals surface area (Å²) in [7, 11) is 3.63. The van der Waals surface area contributed by atoms with Crippen LogP contribution in [-0.2, 0) is 11.3 Å². The van der Waals surface area contributed by atoms with Crippen LogP contribution in [0.3, 0.4) is 0 Å². The van der Waals surface area contributed by atoms with E-state index in [4.69, 9.17) is 4.74 Å². The summed E-state index contributed by atoms with van der Waals surface area (Å²) in [5.74, 6) is 2.05. The van der Waals surface area contributed by atoms with Gasteiger partial charge in [0.05, 0.1) is 13.7 Å². The van der Waals surface area contributed by atoms with Gasteiger partial charge in [0.2, 0.25) is 5.91 Å². The number of hydrogen-bond acceptors (Lipinski definition) is 4. The number of amides is 1. The molecular weight excluding hydrogens is 354 g/mol. The van der Waals surface area contributed by atoms with Crippen molar-refractivity contribution in [1.29, 1.82) is 0 Å². The first-order valence-electron chi connectivity index (χ1n) is 9.38. The zero-order valence-corrected chi connectivity index (χ0v) is 17.0. The summed E-state index contributed by atoms with van der Waals surface area (Å²) < 4.78 is 5.42. The van der Waals surface area contributed by atoms with Crippen LogP contribution < -0.4 is 15.4 Å². The first kappa shape index (κ1) is 21.2. The van der Waals surface area contributed by atoms with Gasteiger partial charge in [0.1, 0.15) is 11.6 Å². The molecule has 0 fully saturated rings. The van der Waals surface area contributed by atoms with Gasteiger partial charge in [-0.05, 0) is 32.0 Å². The molecular formula is C21H29N5O2. The van der Waals surface area contributed by atoms with E-state index in [-0.39, 0.29) is 12.3 Å². The van der Waals surface area contributed by atoms with Crippen molar-refractivity contribution in [2.45, 2.75) is 26.8 Å². The summed E-state index contributed by atoms with van der Waals surface area (Å²) in [4.78, 5) is 23.0. The van der Waals surface area contributed by atoms with Gasteiger partial charge in [0.25, 0.3) is 0 Å². The number of benzene rings is 1. The number of nitrogens with zero attached hydrogens (tertiary/aromatic N) is 3. The SMILES string of the molecule is CCNC(=NCCC(=O)Nc1cccc(C)n1)N(C)Cc1ccccc1OC. The normalized spacial score (nSPS) is 11.1. The Hall–Kier alpha value is -3.09. The second-order valence-corrected chi connectivity index (χ2v) is 6.37. The number of nitrogens with one attached hydrogen (secondary N) is 2. The van der Waals surface area contributed by atoms with Gasteiger partial charge >= 0.3 is 0 Å². The average Bonchev–Trinajstić information content (AvgIpc) is 2.67. The summed E-state index contributed by atoms with van der Waals surface area (Å²) in [6, 6.07) is 13.4. The standard InChI is InChI=1S/C21H29N5O2/c1-5-22-21(26(3)15-17-10-6-7-11-18(17)28-4)23-14-13-20(27)25-19-12-8-9-16(2)24-19/h6-12H,5,13-15H2,1-4H3,(H,22,23)(H,24,25,27). The molecule has 0 spiro atoms. The third-order valence-corrected chi connectivity index (χ3v) is 4.05. The Balaban J connectivity index is 1.94. The van der Waals surface area contributed by atoms with E-state index in [1.54, 1.807) is 13.2 Å². The van der Waals surface area contributed by atoms with Gasteiger partial charge in [-0.2, -0.15) is 0 Å². The minimum Gasteiger partial charge on any atom is -0.496 e. The Kier molecular flexibility index (Phi) is 8.27. The highest BCUT2D eigenvalue weighted by Crippen LogP contribution is 2.18. The van der Waals surface area contributed by atoms with Crippen LogP contribution in [0.2, 0.25) is 0 Å². The Bertz CT molecular complexity index is 807. The zero-order chi connectivity index (χ0) is 20.4. The van der Waals surface area contributed by atoms with E-state index in [1.165, 1.54) is 0 Å². The molecule has 1 aromatic heterocycles. The minimum absolute atomic E-state index is 0.106. The second kappa shape index (κ2) is 10.9. The van der Waals surface area contributed by atoms with Crippen LogP contribution in [0.25, 0.3) is 0 Å². The summed E-state index contributed by atoms with van der Waals surface area (Å²) in [6.07, 6.45) is 0.285. The van der Waals surface area contributed by atoms with E-state index in [0.29, 0.717) is 18.9 Å². The van der Waals surface area contributed by atoms with Crippen LogP contribution in [-0.4, -0.2) is 49.0 Å². The summed E-state index contributed by atoms with van der Waals surface area (Å²) >= 11 is 0. The summed E-state index contributed by atoms with van der Waals surface area (Å²) in [5, 5.41) is 6.06. The Morgan fingerprint density at radius 2 is 2.00 bits per heavy atom. The molecule has 0 atom stereocenters. The van der Waals surface area contributed by atoms with Crippen LogP contribution in [0.4, 0.5) is 5.82 Å². The number of anilines is 1. The highest BCUT2D eigenvalue weighted by atomic mass is 16.5. The number of carbonyl (C=O) groups excluding carboxylic acids is 1. The first-order valence-corrected chi connectivity index (χ1v) is 9.38. The van der Waals surface area contributed by atoms with Crippen molar-refractivity contribution in [2.75, 3.05) is 32.6 Å². The summed E-state index contributed by atoms with van der Waals surface area (Å²) in [6.45, 7) is 5.68. The average molecular weight is 383 g/mol. The maximum atomic E-state index is 12.1. The van der Waals surface area contributed by atoms with Gasteiger partial charge in [0, 0.05) is 37.8 Å². The van der Waals surface area contributed by atoms with Crippen LogP contribution in [0.15, 0.2) is 47.5 Å². The topological polar surface area (TPSA) is 78.8 Å². The number of carbonyl (C=O) groups is 1. The van der Waals surface area contributed by atoms with Crippen molar-refractivity contribution < 1.29 is 9.53 Å². The minimum atomic E-state index is -0.106. The van der Waals surface area contributed by atoms with Gasteiger partial charge < -0.3 is 20.3 Å².